The Hall–Kier alpha value is -2.16. The van der Waals surface area contributed by atoms with Gasteiger partial charge in [-0.1, -0.05) is 5.92 Å². The van der Waals surface area contributed by atoms with Crippen LogP contribution < -0.4 is 22.7 Å². The zero-order chi connectivity index (χ0) is 11.6. The van der Waals surface area contributed by atoms with Gasteiger partial charge in [0.2, 0.25) is 0 Å². The standard InChI is InChI=1S/C9H12N4O2/c1-3-5-13-8(14)6(10)7(11)12(4-2)9(13)15/h1H,4-5,10-11H2,2H3. The van der Waals surface area contributed by atoms with Gasteiger partial charge in [-0.05, 0) is 6.92 Å². The van der Waals surface area contributed by atoms with Crippen LogP contribution in [0.4, 0.5) is 11.5 Å². The lowest BCUT2D eigenvalue weighted by Gasteiger charge is -2.11. The number of anilines is 2. The minimum absolute atomic E-state index is 0.0132. The summed E-state index contributed by atoms with van der Waals surface area (Å²) in [7, 11) is 0. The van der Waals surface area contributed by atoms with Crippen molar-refractivity contribution in [3.05, 3.63) is 20.8 Å². The number of hydrogen-bond acceptors (Lipinski definition) is 4. The van der Waals surface area contributed by atoms with Gasteiger partial charge in [0.1, 0.15) is 11.5 Å². The molecule has 1 aromatic rings. The Bertz CT molecular complexity index is 533. The van der Waals surface area contributed by atoms with Crippen LogP contribution in [0.5, 0.6) is 0 Å². The molecule has 0 saturated carbocycles. The van der Waals surface area contributed by atoms with Crippen LogP contribution in [0, 0.1) is 12.3 Å². The fraction of sp³-hybridized carbons (Fsp3) is 0.333. The Morgan fingerprint density at radius 3 is 2.40 bits per heavy atom. The fourth-order valence-electron chi connectivity index (χ4n) is 1.27. The summed E-state index contributed by atoms with van der Waals surface area (Å²) >= 11 is 0. The van der Waals surface area contributed by atoms with E-state index in [1.54, 1.807) is 6.92 Å². The van der Waals surface area contributed by atoms with E-state index in [1.165, 1.54) is 4.57 Å². The first-order valence-corrected chi connectivity index (χ1v) is 4.36. The lowest BCUT2D eigenvalue weighted by molar-refractivity contribution is 0.622. The molecule has 0 spiro atoms. The van der Waals surface area contributed by atoms with E-state index in [0.717, 1.165) is 4.57 Å². The van der Waals surface area contributed by atoms with Gasteiger partial charge in [-0.3, -0.25) is 9.36 Å². The number of nitrogens with zero attached hydrogens (tertiary/aromatic N) is 2. The zero-order valence-corrected chi connectivity index (χ0v) is 8.36. The topological polar surface area (TPSA) is 96.0 Å². The highest BCUT2D eigenvalue weighted by molar-refractivity contribution is 5.56. The van der Waals surface area contributed by atoms with E-state index in [1.807, 2.05) is 0 Å². The molecule has 4 N–H and O–H groups in total. The van der Waals surface area contributed by atoms with Crippen molar-refractivity contribution in [1.82, 2.24) is 9.13 Å². The van der Waals surface area contributed by atoms with E-state index in [9.17, 15) is 9.59 Å². The third-order valence-electron chi connectivity index (χ3n) is 2.07. The van der Waals surface area contributed by atoms with Crippen molar-refractivity contribution in [2.75, 3.05) is 11.5 Å². The maximum Gasteiger partial charge on any atom is 0.333 e. The number of nitrogens with two attached hydrogens (primary N) is 2. The van der Waals surface area contributed by atoms with Gasteiger partial charge in [-0.2, -0.15) is 0 Å². The molecule has 6 heteroatoms. The molecule has 0 fully saturated rings. The second-order valence-corrected chi connectivity index (χ2v) is 2.92. The predicted octanol–water partition coefficient (Wildman–Crippen LogP) is -1.17. The molecule has 0 aliphatic carbocycles. The number of rotatable bonds is 2. The number of nitrogen functional groups attached to an aromatic ring is 2. The first-order valence-electron chi connectivity index (χ1n) is 4.36. The first-order chi connectivity index (χ1) is 7.04. The van der Waals surface area contributed by atoms with Gasteiger partial charge in [-0.15, -0.1) is 6.42 Å². The summed E-state index contributed by atoms with van der Waals surface area (Å²) in [6.07, 6.45) is 5.05. The quantitative estimate of drug-likeness (QED) is 0.598. The van der Waals surface area contributed by atoms with Gasteiger partial charge < -0.3 is 11.5 Å². The van der Waals surface area contributed by atoms with Gasteiger partial charge in [0.15, 0.2) is 0 Å². The van der Waals surface area contributed by atoms with Gasteiger partial charge in [0.05, 0.1) is 6.54 Å². The van der Waals surface area contributed by atoms with Crippen LogP contribution in [0.2, 0.25) is 0 Å². The van der Waals surface area contributed by atoms with Gasteiger partial charge in [-0.25, -0.2) is 9.36 Å². The highest BCUT2D eigenvalue weighted by Gasteiger charge is 2.12. The molecule has 6 nitrogen and oxygen atoms in total. The normalized spacial score (nSPS) is 9.87. The molecule has 1 rings (SSSR count). The van der Waals surface area contributed by atoms with Gasteiger partial charge in [0.25, 0.3) is 5.56 Å². The van der Waals surface area contributed by atoms with Crippen molar-refractivity contribution in [1.29, 1.82) is 0 Å². The predicted molar refractivity (Wildman–Crippen MR) is 58.3 cm³/mol. The monoisotopic (exact) mass is 208 g/mol. The second-order valence-electron chi connectivity index (χ2n) is 2.92. The lowest BCUT2D eigenvalue weighted by atomic mass is 10.4. The van der Waals surface area contributed by atoms with Crippen LogP contribution in [0.3, 0.4) is 0 Å². The summed E-state index contributed by atoms with van der Waals surface area (Å²) < 4.78 is 2.09. The summed E-state index contributed by atoms with van der Waals surface area (Å²) in [4.78, 5) is 23.2. The summed E-state index contributed by atoms with van der Waals surface area (Å²) in [6, 6.07) is 0. The summed E-state index contributed by atoms with van der Waals surface area (Å²) in [5.41, 5.74) is 9.68. The molecule has 1 aromatic heterocycles. The molecule has 0 unspecified atom stereocenters. The van der Waals surface area contributed by atoms with Crippen molar-refractivity contribution >= 4 is 11.5 Å². The van der Waals surface area contributed by atoms with Crippen LogP contribution in [-0.2, 0) is 13.1 Å². The minimum atomic E-state index is -0.639. The first kappa shape index (κ1) is 10.9. The molecule has 0 amide bonds. The van der Waals surface area contributed by atoms with Gasteiger partial charge in [0, 0.05) is 6.54 Å². The molecule has 0 aromatic carbocycles. The van der Waals surface area contributed by atoms with E-state index in [0.29, 0.717) is 6.54 Å². The second kappa shape index (κ2) is 3.92. The molecule has 0 radical (unpaired) electrons. The summed E-state index contributed by atoms with van der Waals surface area (Å²) in [5.74, 6) is 2.20. The molecule has 0 saturated heterocycles. The van der Waals surface area contributed by atoms with Crippen LogP contribution in [0.25, 0.3) is 0 Å². The van der Waals surface area contributed by atoms with E-state index in [4.69, 9.17) is 17.9 Å². The highest BCUT2D eigenvalue weighted by Crippen LogP contribution is 2.04. The lowest BCUT2D eigenvalue weighted by Crippen LogP contribution is -2.41. The number of aromatic nitrogens is 2. The van der Waals surface area contributed by atoms with Crippen molar-refractivity contribution in [2.45, 2.75) is 20.0 Å². The summed E-state index contributed by atoms with van der Waals surface area (Å²) in [6.45, 7) is 1.95. The highest BCUT2D eigenvalue weighted by atomic mass is 16.2. The Labute approximate surface area is 86.1 Å². The number of hydrogen-bond donors (Lipinski definition) is 2. The van der Waals surface area contributed by atoms with Crippen LogP contribution in [0.1, 0.15) is 6.92 Å². The molecular formula is C9H12N4O2. The van der Waals surface area contributed by atoms with Crippen LogP contribution in [-0.4, -0.2) is 9.13 Å². The van der Waals surface area contributed by atoms with Crippen LogP contribution in [0.15, 0.2) is 9.59 Å². The average Bonchev–Trinajstić information content (AvgIpc) is 2.22. The SMILES string of the molecule is C#CCn1c(=O)c(N)c(N)n(CC)c1=O. The fourth-order valence-corrected chi connectivity index (χ4v) is 1.27. The Balaban J connectivity index is 3.71. The maximum absolute atomic E-state index is 11.7. The van der Waals surface area contributed by atoms with Crippen molar-refractivity contribution in [2.24, 2.45) is 0 Å². The molecule has 0 atom stereocenters. The molecule has 0 aliphatic rings. The largest absolute Gasteiger partial charge is 0.391 e. The van der Waals surface area contributed by atoms with Gasteiger partial charge >= 0.3 is 5.69 Å². The van der Waals surface area contributed by atoms with E-state index >= 15 is 0 Å². The number of terminal acetylenes is 1. The Morgan fingerprint density at radius 2 is 1.93 bits per heavy atom. The molecule has 15 heavy (non-hydrogen) atoms. The van der Waals surface area contributed by atoms with E-state index in [2.05, 4.69) is 5.92 Å². The van der Waals surface area contributed by atoms with Crippen molar-refractivity contribution in [3.63, 3.8) is 0 Å². The molecular weight excluding hydrogens is 196 g/mol. The van der Waals surface area contributed by atoms with E-state index in [-0.39, 0.29) is 18.1 Å². The zero-order valence-electron chi connectivity index (χ0n) is 8.36. The molecule has 0 bridgehead atoms. The minimum Gasteiger partial charge on any atom is -0.391 e. The third kappa shape index (κ3) is 1.59. The third-order valence-corrected chi connectivity index (χ3v) is 2.07. The molecule has 80 valence electrons. The van der Waals surface area contributed by atoms with Crippen molar-refractivity contribution < 1.29 is 0 Å². The molecule has 0 aliphatic heterocycles. The maximum atomic E-state index is 11.7. The Kier molecular flexibility index (Phi) is 2.85. The summed E-state index contributed by atoms with van der Waals surface area (Å²) in [5, 5.41) is 0. The smallest absolute Gasteiger partial charge is 0.333 e. The molecule has 1 heterocycles. The van der Waals surface area contributed by atoms with E-state index < -0.39 is 11.2 Å². The average molecular weight is 208 g/mol. The Morgan fingerprint density at radius 1 is 1.33 bits per heavy atom. The van der Waals surface area contributed by atoms with Crippen LogP contribution >= 0.6 is 0 Å². The van der Waals surface area contributed by atoms with Crippen molar-refractivity contribution in [3.8, 4) is 12.3 Å².